The van der Waals surface area contributed by atoms with Crippen LogP contribution in [-0.4, -0.2) is 9.55 Å². The Labute approximate surface area is 126 Å². The number of hydrogen-bond acceptors (Lipinski definition) is 3. The molecular weight excluding hydrogens is 286 g/mol. The Morgan fingerprint density at radius 3 is 2.67 bits per heavy atom. The molecule has 0 unspecified atom stereocenters. The van der Waals surface area contributed by atoms with E-state index in [2.05, 4.69) is 4.98 Å². The molecule has 0 amide bonds. The number of fused-ring (bicyclic) bond motifs is 1. The van der Waals surface area contributed by atoms with Crippen molar-refractivity contribution in [1.82, 2.24) is 9.55 Å². The predicted octanol–water partition coefficient (Wildman–Crippen LogP) is 2.99. The van der Waals surface area contributed by atoms with Crippen molar-refractivity contribution in [1.29, 1.82) is 0 Å². The quantitative estimate of drug-likeness (QED) is 0.740. The maximum absolute atomic E-state index is 12.6. The minimum absolute atomic E-state index is 0.107. The molecule has 106 valence electrons. The molecule has 0 saturated heterocycles. The van der Waals surface area contributed by atoms with E-state index in [1.807, 2.05) is 37.3 Å². The summed E-state index contributed by atoms with van der Waals surface area (Å²) in [6.45, 7) is 2.30. The summed E-state index contributed by atoms with van der Waals surface area (Å²) >= 11 is 5.99. The van der Waals surface area contributed by atoms with Crippen molar-refractivity contribution >= 4 is 28.2 Å². The minimum atomic E-state index is -0.107. The van der Waals surface area contributed by atoms with Gasteiger partial charge in [-0.25, -0.2) is 4.98 Å². The van der Waals surface area contributed by atoms with Crippen LogP contribution in [0.5, 0.6) is 0 Å². The highest BCUT2D eigenvalue weighted by Gasteiger charge is 2.10. The Hall–Kier alpha value is -2.33. The van der Waals surface area contributed by atoms with Gasteiger partial charge in [0.25, 0.3) is 5.56 Å². The fourth-order valence-corrected chi connectivity index (χ4v) is 2.48. The molecule has 21 heavy (non-hydrogen) atoms. The third-order valence-electron chi connectivity index (χ3n) is 3.45. The zero-order valence-electron chi connectivity index (χ0n) is 11.5. The number of aryl methyl sites for hydroxylation is 1. The number of hydrogen-bond donors (Lipinski definition) is 1. The van der Waals surface area contributed by atoms with Gasteiger partial charge in [0, 0.05) is 0 Å². The second-order valence-electron chi connectivity index (χ2n) is 4.93. The molecule has 0 spiro atoms. The SMILES string of the molecule is Cc1nc2cc(Cl)c(N)cc2c(=O)n1Cc1ccccc1. The number of rotatable bonds is 2. The van der Waals surface area contributed by atoms with Crippen molar-refractivity contribution in [2.75, 3.05) is 5.73 Å². The van der Waals surface area contributed by atoms with E-state index in [1.54, 1.807) is 16.7 Å². The van der Waals surface area contributed by atoms with Gasteiger partial charge in [0.2, 0.25) is 0 Å². The molecule has 0 aliphatic rings. The van der Waals surface area contributed by atoms with E-state index >= 15 is 0 Å². The second kappa shape index (κ2) is 5.22. The summed E-state index contributed by atoms with van der Waals surface area (Å²) in [5.41, 5.74) is 7.69. The summed E-state index contributed by atoms with van der Waals surface area (Å²) in [4.78, 5) is 17.1. The highest BCUT2D eigenvalue weighted by molar-refractivity contribution is 6.33. The number of halogens is 1. The third-order valence-corrected chi connectivity index (χ3v) is 3.77. The topological polar surface area (TPSA) is 60.9 Å². The Bertz CT molecular complexity index is 872. The van der Waals surface area contributed by atoms with Gasteiger partial charge in [0.1, 0.15) is 5.82 Å². The van der Waals surface area contributed by atoms with Crippen LogP contribution < -0.4 is 11.3 Å². The largest absolute Gasteiger partial charge is 0.398 e. The Morgan fingerprint density at radius 2 is 1.95 bits per heavy atom. The molecule has 0 saturated carbocycles. The highest BCUT2D eigenvalue weighted by Crippen LogP contribution is 2.23. The molecule has 1 aromatic heterocycles. The number of aromatic nitrogens is 2. The molecule has 0 fully saturated rings. The molecule has 0 atom stereocenters. The zero-order valence-corrected chi connectivity index (χ0v) is 12.3. The molecule has 3 aromatic rings. The van der Waals surface area contributed by atoms with Gasteiger partial charge in [0.15, 0.2) is 0 Å². The van der Waals surface area contributed by atoms with Crippen molar-refractivity contribution in [3.05, 3.63) is 69.2 Å². The van der Waals surface area contributed by atoms with Crippen LogP contribution in [0.1, 0.15) is 11.4 Å². The number of nitrogen functional groups attached to an aromatic ring is 1. The van der Waals surface area contributed by atoms with Crippen LogP contribution in [0.3, 0.4) is 0 Å². The molecule has 0 bridgehead atoms. The molecule has 3 rings (SSSR count). The number of nitrogens with zero attached hydrogens (tertiary/aromatic N) is 2. The first-order valence-electron chi connectivity index (χ1n) is 6.56. The zero-order chi connectivity index (χ0) is 15.0. The van der Waals surface area contributed by atoms with Gasteiger partial charge < -0.3 is 5.73 Å². The Kier molecular flexibility index (Phi) is 3.39. The van der Waals surface area contributed by atoms with Crippen LogP contribution in [0, 0.1) is 6.92 Å². The lowest BCUT2D eigenvalue weighted by Crippen LogP contribution is -2.24. The fraction of sp³-hybridized carbons (Fsp3) is 0.125. The van der Waals surface area contributed by atoms with Crippen LogP contribution in [0.4, 0.5) is 5.69 Å². The molecule has 1 heterocycles. The summed E-state index contributed by atoms with van der Waals surface area (Å²) in [5.74, 6) is 0.650. The van der Waals surface area contributed by atoms with Gasteiger partial charge in [-0.05, 0) is 24.6 Å². The Balaban J connectivity index is 2.20. The average Bonchev–Trinajstić information content (AvgIpc) is 2.47. The lowest BCUT2D eigenvalue weighted by Gasteiger charge is -2.11. The molecule has 0 radical (unpaired) electrons. The highest BCUT2D eigenvalue weighted by atomic mass is 35.5. The number of anilines is 1. The summed E-state index contributed by atoms with van der Waals surface area (Å²) in [5, 5.41) is 0.896. The predicted molar refractivity (Wildman–Crippen MR) is 85.7 cm³/mol. The smallest absolute Gasteiger partial charge is 0.261 e. The van der Waals surface area contributed by atoms with Gasteiger partial charge in [-0.15, -0.1) is 0 Å². The fourth-order valence-electron chi connectivity index (χ4n) is 2.32. The summed E-state index contributed by atoms with van der Waals surface area (Å²) in [6, 6.07) is 13.0. The summed E-state index contributed by atoms with van der Waals surface area (Å²) in [6.07, 6.45) is 0. The van der Waals surface area contributed by atoms with Gasteiger partial charge in [-0.2, -0.15) is 0 Å². The first kappa shape index (κ1) is 13.6. The van der Waals surface area contributed by atoms with E-state index < -0.39 is 0 Å². The monoisotopic (exact) mass is 299 g/mol. The van der Waals surface area contributed by atoms with E-state index in [9.17, 15) is 4.79 Å². The van der Waals surface area contributed by atoms with Gasteiger partial charge in [0.05, 0.1) is 28.2 Å². The van der Waals surface area contributed by atoms with Crippen LogP contribution in [-0.2, 0) is 6.54 Å². The van der Waals surface area contributed by atoms with Crippen molar-refractivity contribution in [2.45, 2.75) is 13.5 Å². The molecule has 5 heteroatoms. The molecule has 0 aliphatic heterocycles. The maximum atomic E-state index is 12.6. The number of benzene rings is 2. The third kappa shape index (κ3) is 2.50. The van der Waals surface area contributed by atoms with E-state index in [4.69, 9.17) is 17.3 Å². The lowest BCUT2D eigenvalue weighted by molar-refractivity contribution is 0.713. The van der Waals surface area contributed by atoms with Crippen LogP contribution in [0.25, 0.3) is 10.9 Å². The summed E-state index contributed by atoms with van der Waals surface area (Å²) < 4.78 is 1.64. The van der Waals surface area contributed by atoms with Crippen molar-refractivity contribution in [2.24, 2.45) is 0 Å². The first-order chi connectivity index (χ1) is 10.1. The van der Waals surface area contributed by atoms with E-state index in [-0.39, 0.29) is 5.56 Å². The standard InChI is InChI=1S/C16H14ClN3O/c1-10-19-15-8-13(17)14(18)7-12(15)16(21)20(10)9-11-5-3-2-4-6-11/h2-8H,9,18H2,1H3. The van der Waals surface area contributed by atoms with E-state index in [0.717, 1.165) is 5.56 Å². The minimum Gasteiger partial charge on any atom is -0.398 e. The normalized spacial score (nSPS) is 11.0. The molecule has 0 aliphatic carbocycles. The first-order valence-corrected chi connectivity index (χ1v) is 6.94. The van der Waals surface area contributed by atoms with Crippen LogP contribution in [0.2, 0.25) is 5.02 Å². The average molecular weight is 300 g/mol. The van der Waals surface area contributed by atoms with Crippen LogP contribution >= 0.6 is 11.6 Å². The van der Waals surface area contributed by atoms with E-state index in [1.165, 1.54) is 0 Å². The summed E-state index contributed by atoms with van der Waals surface area (Å²) in [7, 11) is 0. The van der Waals surface area contributed by atoms with E-state index in [0.29, 0.717) is 34.0 Å². The van der Waals surface area contributed by atoms with Crippen molar-refractivity contribution in [3.63, 3.8) is 0 Å². The van der Waals surface area contributed by atoms with Crippen LogP contribution in [0.15, 0.2) is 47.3 Å². The molecule has 2 N–H and O–H groups in total. The Morgan fingerprint density at radius 1 is 1.24 bits per heavy atom. The van der Waals surface area contributed by atoms with Gasteiger partial charge in [-0.3, -0.25) is 9.36 Å². The number of nitrogens with two attached hydrogens (primary N) is 1. The van der Waals surface area contributed by atoms with Crippen molar-refractivity contribution in [3.8, 4) is 0 Å². The molecule has 2 aromatic carbocycles. The maximum Gasteiger partial charge on any atom is 0.261 e. The lowest BCUT2D eigenvalue weighted by atomic mass is 10.2. The molecular formula is C16H14ClN3O. The van der Waals surface area contributed by atoms with Gasteiger partial charge >= 0.3 is 0 Å². The van der Waals surface area contributed by atoms with Crippen molar-refractivity contribution < 1.29 is 0 Å². The van der Waals surface area contributed by atoms with Gasteiger partial charge in [-0.1, -0.05) is 41.9 Å². The second-order valence-corrected chi connectivity index (χ2v) is 5.33. The molecule has 4 nitrogen and oxygen atoms in total.